The molecule has 1 N–H and O–H groups in total. The lowest BCUT2D eigenvalue weighted by Gasteiger charge is -2.35. The molecule has 0 bridgehead atoms. The SMILES string of the molecule is COc1cccc(N2C(=O)NC(c3cccc(F)c3)C(c3nc(-c4cccc(F)c4)no3)=C2C)c1. The van der Waals surface area contributed by atoms with Crippen LogP contribution in [0.3, 0.4) is 0 Å². The van der Waals surface area contributed by atoms with Crippen LogP contribution in [0.4, 0.5) is 19.3 Å². The maximum atomic E-state index is 14.1. The van der Waals surface area contributed by atoms with Gasteiger partial charge >= 0.3 is 6.03 Å². The van der Waals surface area contributed by atoms with Crippen molar-refractivity contribution in [2.24, 2.45) is 0 Å². The van der Waals surface area contributed by atoms with Crippen molar-refractivity contribution in [2.45, 2.75) is 13.0 Å². The van der Waals surface area contributed by atoms with Crippen LogP contribution < -0.4 is 15.0 Å². The van der Waals surface area contributed by atoms with Crippen LogP contribution in [0.2, 0.25) is 0 Å². The quantitative estimate of drug-likeness (QED) is 0.400. The minimum atomic E-state index is -0.763. The number of nitrogens with one attached hydrogen (secondary N) is 1. The van der Waals surface area contributed by atoms with E-state index in [0.29, 0.717) is 33.8 Å². The average molecular weight is 474 g/mol. The van der Waals surface area contributed by atoms with Gasteiger partial charge in [-0.2, -0.15) is 4.98 Å². The molecule has 35 heavy (non-hydrogen) atoms. The average Bonchev–Trinajstić information content (AvgIpc) is 3.34. The molecule has 0 fully saturated rings. The number of allylic oxidation sites excluding steroid dienone is 1. The fourth-order valence-electron chi connectivity index (χ4n) is 4.09. The molecule has 0 radical (unpaired) electrons. The zero-order valence-corrected chi connectivity index (χ0v) is 18.8. The van der Waals surface area contributed by atoms with Gasteiger partial charge in [0.2, 0.25) is 5.82 Å². The van der Waals surface area contributed by atoms with Crippen molar-refractivity contribution in [3.8, 4) is 17.1 Å². The van der Waals surface area contributed by atoms with Gasteiger partial charge in [0.1, 0.15) is 17.4 Å². The Hall–Kier alpha value is -4.53. The van der Waals surface area contributed by atoms with Crippen LogP contribution in [0.15, 0.2) is 83.0 Å². The summed E-state index contributed by atoms with van der Waals surface area (Å²) in [4.78, 5) is 19.2. The van der Waals surface area contributed by atoms with E-state index in [9.17, 15) is 13.6 Å². The topological polar surface area (TPSA) is 80.5 Å². The first-order valence-corrected chi connectivity index (χ1v) is 10.8. The number of nitrogens with zero attached hydrogens (tertiary/aromatic N) is 3. The fraction of sp³-hybridized carbons (Fsp3) is 0.115. The standard InChI is InChI=1S/C26H20F2N4O3/c1-15-22(25-30-24(31-35-25)17-7-4-9-19(28)13-17)23(16-6-3-8-18(27)12-16)29-26(33)32(15)20-10-5-11-21(14-20)34-2/h3-14,23H,1-2H3,(H,29,33). The van der Waals surface area contributed by atoms with Crippen LogP contribution in [0.25, 0.3) is 17.0 Å². The monoisotopic (exact) mass is 474 g/mol. The van der Waals surface area contributed by atoms with Crippen molar-refractivity contribution in [3.05, 3.63) is 102 Å². The number of hydrogen-bond acceptors (Lipinski definition) is 5. The maximum absolute atomic E-state index is 14.1. The second-order valence-corrected chi connectivity index (χ2v) is 7.91. The van der Waals surface area contributed by atoms with E-state index in [1.54, 1.807) is 55.5 Å². The number of benzene rings is 3. The predicted molar refractivity (Wildman–Crippen MR) is 125 cm³/mol. The second-order valence-electron chi connectivity index (χ2n) is 7.91. The van der Waals surface area contributed by atoms with Crippen LogP contribution >= 0.6 is 0 Å². The van der Waals surface area contributed by atoms with Gasteiger partial charge in [-0.15, -0.1) is 0 Å². The molecule has 9 heteroatoms. The van der Waals surface area contributed by atoms with Gasteiger partial charge in [-0.25, -0.2) is 13.6 Å². The minimum Gasteiger partial charge on any atom is -0.497 e. The van der Waals surface area contributed by atoms with Gasteiger partial charge in [0.15, 0.2) is 0 Å². The zero-order chi connectivity index (χ0) is 24.5. The molecule has 1 atom stereocenters. The molecule has 1 aromatic heterocycles. The van der Waals surface area contributed by atoms with Gasteiger partial charge in [-0.3, -0.25) is 4.90 Å². The first-order valence-electron chi connectivity index (χ1n) is 10.8. The maximum Gasteiger partial charge on any atom is 0.327 e. The van der Waals surface area contributed by atoms with Crippen molar-refractivity contribution in [1.82, 2.24) is 15.5 Å². The van der Waals surface area contributed by atoms with Gasteiger partial charge < -0.3 is 14.6 Å². The molecule has 0 aliphatic carbocycles. The van der Waals surface area contributed by atoms with E-state index in [4.69, 9.17) is 9.26 Å². The Kier molecular flexibility index (Phi) is 5.74. The molecule has 176 valence electrons. The molecule has 1 aliphatic rings. The molecular weight excluding hydrogens is 454 g/mol. The Bertz CT molecular complexity index is 1450. The number of carbonyl (C=O) groups is 1. The van der Waals surface area contributed by atoms with E-state index < -0.39 is 23.7 Å². The Morgan fingerprint density at radius 1 is 1.00 bits per heavy atom. The van der Waals surface area contributed by atoms with Crippen LogP contribution in [-0.2, 0) is 0 Å². The lowest BCUT2D eigenvalue weighted by Crippen LogP contribution is -2.46. The number of rotatable bonds is 5. The summed E-state index contributed by atoms with van der Waals surface area (Å²) in [5, 5.41) is 6.93. The molecule has 1 unspecified atom stereocenters. The van der Waals surface area contributed by atoms with Crippen molar-refractivity contribution in [3.63, 3.8) is 0 Å². The minimum absolute atomic E-state index is 0.115. The number of carbonyl (C=O) groups excluding carboxylic acids is 1. The highest BCUT2D eigenvalue weighted by Gasteiger charge is 2.36. The number of ether oxygens (including phenoxy) is 1. The lowest BCUT2D eigenvalue weighted by atomic mass is 9.94. The number of halogens is 2. The van der Waals surface area contributed by atoms with Crippen molar-refractivity contribution >= 4 is 17.3 Å². The Morgan fingerprint density at radius 2 is 1.74 bits per heavy atom. The molecule has 3 aromatic carbocycles. The molecule has 2 heterocycles. The number of amides is 2. The molecule has 1 aliphatic heterocycles. The molecule has 5 rings (SSSR count). The van der Waals surface area contributed by atoms with E-state index in [1.165, 1.54) is 36.3 Å². The largest absolute Gasteiger partial charge is 0.497 e. The molecule has 0 saturated carbocycles. The van der Waals surface area contributed by atoms with Crippen molar-refractivity contribution < 1.29 is 22.8 Å². The van der Waals surface area contributed by atoms with E-state index in [2.05, 4.69) is 15.5 Å². The highest BCUT2D eigenvalue weighted by molar-refractivity contribution is 6.01. The molecule has 4 aromatic rings. The molecular formula is C26H20F2N4O3. The summed E-state index contributed by atoms with van der Waals surface area (Å²) >= 11 is 0. The van der Waals surface area contributed by atoms with Gasteiger partial charge in [0.25, 0.3) is 5.89 Å². The number of methoxy groups -OCH3 is 1. The highest BCUT2D eigenvalue weighted by Crippen LogP contribution is 2.39. The number of aromatic nitrogens is 2. The summed E-state index contributed by atoms with van der Waals surface area (Å²) in [5.41, 5.74) is 2.48. The summed E-state index contributed by atoms with van der Waals surface area (Å²) in [6.45, 7) is 1.74. The third-order valence-electron chi connectivity index (χ3n) is 5.72. The van der Waals surface area contributed by atoms with Crippen molar-refractivity contribution in [1.29, 1.82) is 0 Å². The van der Waals surface area contributed by atoms with Gasteiger partial charge in [0.05, 0.1) is 24.4 Å². The van der Waals surface area contributed by atoms with E-state index in [0.717, 1.165) is 0 Å². The Morgan fingerprint density at radius 3 is 2.49 bits per heavy atom. The van der Waals surface area contributed by atoms with Gasteiger partial charge in [-0.05, 0) is 48.9 Å². The van der Waals surface area contributed by atoms with Crippen LogP contribution in [-0.4, -0.2) is 23.3 Å². The van der Waals surface area contributed by atoms with E-state index in [1.807, 2.05) is 0 Å². The molecule has 7 nitrogen and oxygen atoms in total. The summed E-state index contributed by atoms with van der Waals surface area (Å²) in [7, 11) is 1.54. The van der Waals surface area contributed by atoms with Crippen LogP contribution in [0.5, 0.6) is 5.75 Å². The summed E-state index contributed by atoms with van der Waals surface area (Å²) in [6, 6.07) is 17.6. The summed E-state index contributed by atoms with van der Waals surface area (Å²) < 4.78 is 38.7. The van der Waals surface area contributed by atoms with Gasteiger partial charge in [-0.1, -0.05) is 35.5 Å². The summed E-state index contributed by atoms with van der Waals surface area (Å²) in [6.07, 6.45) is 0. The number of anilines is 1. The first-order chi connectivity index (χ1) is 16.9. The Balaban J connectivity index is 1.67. The number of hydrogen-bond donors (Lipinski definition) is 1. The van der Waals surface area contributed by atoms with Gasteiger partial charge in [0, 0.05) is 17.3 Å². The second kappa shape index (κ2) is 9.02. The van der Waals surface area contributed by atoms with Crippen LogP contribution in [0, 0.1) is 11.6 Å². The normalized spacial score (nSPS) is 15.8. The predicted octanol–water partition coefficient (Wildman–Crippen LogP) is 5.73. The smallest absolute Gasteiger partial charge is 0.327 e. The third kappa shape index (κ3) is 4.23. The lowest BCUT2D eigenvalue weighted by molar-refractivity contribution is 0.244. The summed E-state index contributed by atoms with van der Waals surface area (Å²) in [5.74, 6) is -0.0133. The van der Waals surface area contributed by atoms with Crippen molar-refractivity contribution in [2.75, 3.05) is 12.0 Å². The zero-order valence-electron chi connectivity index (χ0n) is 18.8. The van der Waals surface area contributed by atoms with Crippen LogP contribution in [0.1, 0.15) is 24.4 Å². The molecule has 0 spiro atoms. The highest BCUT2D eigenvalue weighted by atomic mass is 19.1. The van der Waals surface area contributed by atoms with E-state index >= 15 is 0 Å². The first kappa shape index (κ1) is 22.3. The fourth-order valence-corrected chi connectivity index (χ4v) is 4.09. The molecule has 0 saturated heterocycles. The Labute approximate surface area is 199 Å². The number of urea groups is 1. The molecule has 2 amide bonds. The third-order valence-corrected chi connectivity index (χ3v) is 5.72. The van der Waals surface area contributed by atoms with E-state index in [-0.39, 0.29) is 11.7 Å².